The summed E-state index contributed by atoms with van der Waals surface area (Å²) < 4.78 is -0.0542. The molecule has 2 heterocycles. The Kier molecular flexibility index (Phi) is 4.42. The molecule has 0 aliphatic carbocycles. The van der Waals surface area contributed by atoms with Crippen molar-refractivity contribution >= 4 is 12.0 Å². The molecular formula is C13H24N3O3+. The van der Waals surface area contributed by atoms with Crippen LogP contribution in [0.5, 0.6) is 0 Å². The molecule has 2 aliphatic rings. The molecule has 3 N–H and O–H groups in total. The SMILES string of the molecule is CNC(=O)C1CCCC[N@@+]1(C(=O)O)C1CCNCC1. The molecule has 0 saturated carbocycles. The largest absolute Gasteiger partial charge is 0.514 e. The van der Waals surface area contributed by atoms with Crippen molar-refractivity contribution in [3.63, 3.8) is 0 Å². The quantitative estimate of drug-likeness (QED) is 0.640. The number of likely N-dealkylation sites (tertiary alicyclic amines) is 1. The van der Waals surface area contributed by atoms with Gasteiger partial charge in [0.25, 0.3) is 5.91 Å². The predicted molar refractivity (Wildman–Crippen MR) is 70.7 cm³/mol. The smallest absolute Gasteiger partial charge is 0.435 e. The molecule has 2 saturated heterocycles. The maximum atomic E-state index is 12.1. The van der Waals surface area contributed by atoms with Gasteiger partial charge in [0.1, 0.15) is 6.04 Å². The van der Waals surface area contributed by atoms with Gasteiger partial charge < -0.3 is 15.7 Å². The Morgan fingerprint density at radius 3 is 2.47 bits per heavy atom. The average Bonchev–Trinajstić information content (AvgIpc) is 2.47. The van der Waals surface area contributed by atoms with Crippen LogP contribution in [0.1, 0.15) is 32.1 Å². The van der Waals surface area contributed by atoms with Gasteiger partial charge in [-0.05, 0) is 12.8 Å². The Morgan fingerprint density at radius 1 is 1.21 bits per heavy atom. The number of piperidine rings is 2. The van der Waals surface area contributed by atoms with E-state index in [1.54, 1.807) is 7.05 Å². The third-order valence-corrected chi connectivity index (χ3v) is 4.68. The van der Waals surface area contributed by atoms with Crippen LogP contribution < -0.4 is 10.6 Å². The lowest BCUT2D eigenvalue weighted by Gasteiger charge is -2.47. The van der Waals surface area contributed by atoms with Crippen LogP contribution in [-0.2, 0) is 4.79 Å². The molecule has 0 aromatic carbocycles. The summed E-state index contributed by atoms with van der Waals surface area (Å²) in [6, 6.07) is -0.374. The van der Waals surface area contributed by atoms with Crippen molar-refractivity contribution in [1.29, 1.82) is 0 Å². The van der Waals surface area contributed by atoms with Gasteiger partial charge in [0, 0.05) is 39.4 Å². The standard InChI is InChI=1S/C13H23N3O3/c1-14-12(17)11-4-2-3-9-16(11,13(18)19)10-5-7-15-8-6-10/h10-11,15H,2-9H2,1H3,(H-,14,17,18,19)/p+1/t11?,16-/m1/s1. The van der Waals surface area contributed by atoms with Crippen molar-refractivity contribution in [3.8, 4) is 0 Å². The van der Waals surface area contributed by atoms with Gasteiger partial charge in [-0.1, -0.05) is 0 Å². The van der Waals surface area contributed by atoms with E-state index >= 15 is 0 Å². The molecule has 0 radical (unpaired) electrons. The Labute approximate surface area is 113 Å². The summed E-state index contributed by atoms with van der Waals surface area (Å²) in [6.07, 6.45) is 3.34. The topological polar surface area (TPSA) is 78.4 Å². The molecule has 6 nitrogen and oxygen atoms in total. The van der Waals surface area contributed by atoms with Crippen LogP contribution in [0.2, 0.25) is 0 Å². The first-order chi connectivity index (χ1) is 9.13. The fourth-order valence-corrected chi connectivity index (χ4v) is 3.69. The first-order valence-electron chi connectivity index (χ1n) is 7.16. The highest BCUT2D eigenvalue weighted by Gasteiger charge is 2.54. The van der Waals surface area contributed by atoms with Gasteiger partial charge >= 0.3 is 6.09 Å². The molecule has 2 atom stereocenters. The number of carbonyl (C=O) groups excluding carboxylic acids is 1. The summed E-state index contributed by atoms with van der Waals surface area (Å²) in [7, 11) is 1.59. The predicted octanol–water partition coefficient (Wildman–Crippen LogP) is 0.532. The Hall–Kier alpha value is -1.14. The number of hydrogen-bond donors (Lipinski definition) is 3. The summed E-state index contributed by atoms with van der Waals surface area (Å²) in [4.78, 5) is 24.1. The Balaban J connectivity index is 2.33. The number of likely N-dealkylation sites (N-methyl/N-ethyl adjacent to an activating group) is 1. The lowest BCUT2D eigenvalue weighted by Crippen LogP contribution is -2.70. The van der Waals surface area contributed by atoms with E-state index in [4.69, 9.17) is 0 Å². The lowest BCUT2D eigenvalue weighted by molar-refractivity contribution is -0.903. The Bertz CT molecular complexity index is 355. The third kappa shape index (κ3) is 2.47. The lowest BCUT2D eigenvalue weighted by atomic mass is 9.91. The van der Waals surface area contributed by atoms with E-state index in [2.05, 4.69) is 10.6 Å². The first-order valence-corrected chi connectivity index (χ1v) is 7.16. The van der Waals surface area contributed by atoms with E-state index < -0.39 is 12.1 Å². The fourth-order valence-electron chi connectivity index (χ4n) is 3.69. The van der Waals surface area contributed by atoms with Crippen LogP contribution in [-0.4, -0.2) is 60.4 Å². The van der Waals surface area contributed by atoms with Gasteiger partial charge in [-0.3, -0.25) is 4.79 Å². The number of nitrogens with zero attached hydrogens (tertiary/aromatic N) is 1. The number of hydrogen-bond acceptors (Lipinski definition) is 3. The highest BCUT2D eigenvalue weighted by atomic mass is 16.4. The highest BCUT2D eigenvalue weighted by molar-refractivity contribution is 5.82. The molecular weight excluding hydrogens is 246 g/mol. The van der Waals surface area contributed by atoms with E-state index in [0.717, 1.165) is 38.8 Å². The normalized spacial score (nSPS) is 32.8. The van der Waals surface area contributed by atoms with Crippen LogP contribution in [0.4, 0.5) is 4.79 Å². The van der Waals surface area contributed by atoms with E-state index in [1.165, 1.54) is 0 Å². The number of amides is 2. The summed E-state index contributed by atoms with van der Waals surface area (Å²) in [6.45, 7) is 2.27. The van der Waals surface area contributed by atoms with Crippen molar-refractivity contribution in [1.82, 2.24) is 10.6 Å². The maximum absolute atomic E-state index is 12.1. The number of rotatable bonds is 2. The molecule has 0 bridgehead atoms. The number of nitrogens with one attached hydrogen (secondary N) is 2. The van der Waals surface area contributed by atoms with Crippen LogP contribution >= 0.6 is 0 Å². The fraction of sp³-hybridized carbons (Fsp3) is 0.846. The molecule has 0 aromatic heterocycles. The van der Waals surface area contributed by atoms with Gasteiger partial charge in [-0.2, -0.15) is 4.79 Å². The summed E-state index contributed by atoms with van der Waals surface area (Å²) in [5.74, 6) is -0.124. The highest BCUT2D eigenvalue weighted by Crippen LogP contribution is 2.33. The van der Waals surface area contributed by atoms with Crippen LogP contribution in [0.25, 0.3) is 0 Å². The molecule has 2 rings (SSSR count). The van der Waals surface area contributed by atoms with Crippen molar-refractivity contribution in [2.75, 3.05) is 26.7 Å². The second-order valence-electron chi connectivity index (χ2n) is 5.54. The molecule has 6 heteroatoms. The number of carbonyl (C=O) groups is 2. The van der Waals surface area contributed by atoms with Crippen LogP contribution in [0.15, 0.2) is 0 Å². The molecule has 1 unspecified atom stereocenters. The average molecular weight is 270 g/mol. The minimum Gasteiger partial charge on any atom is -0.435 e. The molecule has 108 valence electrons. The molecule has 2 fully saturated rings. The van der Waals surface area contributed by atoms with E-state index in [1.807, 2.05) is 0 Å². The van der Waals surface area contributed by atoms with Crippen molar-refractivity contribution in [2.24, 2.45) is 0 Å². The summed E-state index contributed by atoms with van der Waals surface area (Å²) in [5.41, 5.74) is 0. The van der Waals surface area contributed by atoms with Crippen LogP contribution in [0.3, 0.4) is 0 Å². The first kappa shape index (κ1) is 14.3. The minimum atomic E-state index is -0.833. The van der Waals surface area contributed by atoms with Gasteiger partial charge in [-0.15, -0.1) is 0 Å². The van der Waals surface area contributed by atoms with Crippen molar-refractivity contribution in [3.05, 3.63) is 0 Å². The zero-order valence-electron chi connectivity index (χ0n) is 11.5. The molecule has 2 amide bonds. The van der Waals surface area contributed by atoms with Gasteiger partial charge in [0.15, 0.2) is 6.04 Å². The van der Waals surface area contributed by atoms with Crippen molar-refractivity contribution in [2.45, 2.75) is 44.2 Å². The molecule has 2 aliphatic heterocycles. The number of quaternary nitrogens is 1. The number of carboxylic acid groups (broad SMARTS) is 1. The zero-order chi connectivity index (χ0) is 13.9. The molecule has 19 heavy (non-hydrogen) atoms. The third-order valence-electron chi connectivity index (χ3n) is 4.68. The van der Waals surface area contributed by atoms with E-state index in [9.17, 15) is 14.7 Å². The Morgan fingerprint density at radius 2 is 1.89 bits per heavy atom. The van der Waals surface area contributed by atoms with Crippen molar-refractivity contribution < 1.29 is 19.2 Å². The monoisotopic (exact) mass is 270 g/mol. The van der Waals surface area contributed by atoms with Crippen LogP contribution in [0, 0.1) is 0 Å². The zero-order valence-corrected chi connectivity index (χ0v) is 11.5. The van der Waals surface area contributed by atoms with Gasteiger partial charge in [0.2, 0.25) is 0 Å². The second-order valence-corrected chi connectivity index (χ2v) is 5.54. The molecule has 0 spiro atoms. The van der Waals surface area contributed by atoms with Gasteiger partial charge in [-0.25, -0.2) is 4.48 Å². The maximum Gasteiger partial charge on any atom is 0.514 e. The summed E-state index contributed by atoms with van der Waals surface area (Å²) >= 11 is 0. The summed E-state index contributed by atoms with van der Waals surface area (Å²) in [5, 5.41) is 15.7. The van der Waals surface area contributed by atoms with E-state index in [0.29, 0.717) is 13.0 Å². The van der Waals surface area contributed by atoms with Gasteiger partial charge in [0.05, 0.1) is 6.54 Å². The minimum absolute atomic E-state index is 0.0542. The second kappa shape index (κ2) is 5.88. The molecule has 0 aromatic rings. The van der Waals surface area contributed by atoms with E-state index in [-0.39, 0.29) is 16.4 Å².